The van der Waals surface area contributed by atoms with Crippen molar-refractivity contribution in [1.29, 1.82) is 0 Å². The number of nitrogens with two attached hydrogens (primary N) is 1. The van der Waals surface area contributed by atoms with Gasteiger partial charge in [0, 0.05) is 25.3 Å². The van der Waals surface area contributed by atoms with E-state index in [9.17, 15) is 4.79 Å². The van der Waals surface area contributed by atoms with E-state index < -0.39 is 5.60 Å². The van der Waals surface area contributed by atoms with Gasteiger partial charge in [-0.2, -0.15) is 0 Å². The number of hydrogen-bond donors (Lipinski definition) is 2. The highest BCUT2D eigenvalue weighted by atomic mass is 16.6. The van der Waals surface area contributed by atoms with Gasteiger partial charge in [-0.3, -0.25) is 4.98 Å². The molecule has 6 heteroatoms. The van der Waals surface area contributed by atoms with Gasteiger partial charge in [-0.05, 0) is 39.7 Å². The van der Waals surface area contributed by atoms with Crippen LogP contribution in [-0.4, -0.2) is 35.8 Å². The molecule has 3 N–H and O–H groups in total. The Labute approximate surface area is 125 Å². The van der Waals surface area contributed by atoms with Crippen LogP contribution < -0.4 is 16.0 Å². The molecule has 21 heavy (non-hydrogen) atoms. The molecule has 0 bridgehead atoms. The molecule has 0 radical (unpaired) electrons. The highest BCUT2D eigenvalue weighted by Gasteiger charge is 2.25. The van der Waals surface area contributed by atoms with Gasteiger partial charge in [0.05, 0.1) is 17.6 Å². The van der Waals surface area contributed by atoms with E-state index in [2.05, 4.69) is 15.2 Å². The normalized spacial score (nSPS) is 19.2. The molecule has 2 rings (SSSR count). The molecule has 1 aromatic heterocycles. The molecule has 1 saturated heterocycles. The molecular weight excluding hydrogens is 268 g/mol. The minimum absolute atomic E-state index is 0.0632. The summed E-state index contributed by atoms with van der Waals surface area (Å²) < 4.78 is 5.30. The summed E-state index contributed by atoms with van der Waals surface area (Å²) in [6, 6.07) is 1.86. The third-order valence-corrected chi connectivity index (χ3v) is 3.32. The lowest BCUT2D eigenvalue weighted by Crippen LogP contribution is -2.49. The van der Waals surface area contributed by atoms with E-state index >= 15 is 0 Å². The number of rotatable bonds is 2. The standard InChI is InChI=1S/C15H24N4O2/c1-15(2,3)21-14(20)18-11-5-4-8-19(10-11)13-9-17-7-6-12(13)16/h6-7,9,11H,4-5,8,10H2,1-3H3,(H2,16,17)(H,18,20). The number of ether oxygens (including phenoxy) is 1. The summed E-state index contributed by atoms with van der Waals surface area (Å²) in [5.74, 6) is 0. The number of carbonyl (C=O) groups excluding carboxylic acids is 1. The maximum Gasteiger partial charge on any atom is 0.407 e. The van der Waals surface area contributed by atoms with Crippen molar-refractivity contribution in [1.82, 2.24) is 10.3 Å². The number of piperidine rings is 1. The minimum atomic E-state index is -0.480. The Bertz CT molecular complexity index is 499. The summed E-state index contributed by atoms with van der Waals surface area (Å²) in [7, 11) is 0. The Morgan fingerprint density at radius 2 is 2.29 bits per heavy atom. The zero-order chi connectivity index (χ0) is 15.5. The predicted molar refractivity (Wildman–Crippen MR) is 83.3 cm³/mol. The molecule has 6 nitrogen and oxygen atoms in total. The minimum Gasteiger partial charge on any atom is -0.444 e. The molecule has 0 aliphatic carbocycles. The number of carbonyl (C=O) groups is 1. The van der Waals surface area contributed by atoms with E-state index in [0.717, 1.165) is 31.6 Å². The molecular formula is C15H24N4O2. The van der Waals surface area contributed by atoms with Crippen LogP contribution >= 0.6 is 0 Å². The quantitative estimate of drug-likeness (QED) is 0.873. The van der Waals surface area contributed by atoms with Crippen LogP contribution in [-0.2, 0) is 4.74 Å². The Balaban J connectivity index is 1.95. The highest BCUT2D eigenvalue weighted by molar-refractivity contribution is 5.69. The van der Waals surface area contributed by atoms with E-state index in [-0.39, 0.29) is 12.1 Å². The number of nitrogens with zero attached hydrogens (tertiary/aromatic N) is 2. The largest absolute Gasteiger partial charge is 0.444 e. The average Bonchev–Trinajstić information content (AvgIpc) is 2.37. The van der Waals surface area contributed by atoms with E-state index in [1.165, 1.54) is 0 Å². The second kappa shape index (κ2) is 6.20. The fourth-order valence-electron chi connectivity index (χ4n) is 2.45. The number of alkyl carbamates (subject to hydrolysis) is 1. The summed E-state index contributed by atoms with van der Waals surface area (Å²) >= 11 is 0. The number of aromatic nitrogens is 1. The average molecular weight is 292 g/mol. The first-order valence-corrected chi connectivity index (χ1v) is 7.29. The van der Waals surface area contributed by atoms with Crippen molar-refractivity contribution in [2.75, 3.05) is 23.7 Å². The van der Waals surface area contributed by atoms with Gasteiger partial charge in [0.15, 0.2) is 0 Å². The maximum atomic E-state index is 11.8. The zero-order valence-corrected chi connectivity index (χ0v) is 12.9. The number of anilines is 2. The van der Waals surface area contributed by atoms with Crippen molar-refractivity contribution in [3.05, 3.63) is 18.5 Å². The lowest BCUT2D eigenvalue weighted by atomic mass is 10.1. The van der Waals surface area contributed by atoms with Gasteiger partial charge in [0.2, 0.25) is 0 Å². The Hall–Kier alpha value is -1.98. The smallest absolute Gasteiger partial charge is 0.407 e. The van der Waals surface area contributed by atoms with Crippen LogP contribution in [0.25, 0.3) is 0 Å². The van der Waals surface area contributed by atoms with E-state index in [1.807, 2.05) is 20.8 Å². The van der Waals surface area contributed by atoms with E-state index in [4.69, 9.17) is 10.5 Å². The van der Waals surface area contributed by atoms with Gasteiger partial charge in [-0.15, -0.1) is 0 Å². The fourth-order valence-corrected chi connectivity index (χ4v) is 2.45. The van der Waals surface area contributed by atoms with Crippen LogP contribution in [0.4, 0.5) is 16.2 Å². The van der Waals surface area contributed by atoms with Crippen LogP contribution in [0.15, 0.2) is 18.5 Å². The highest BCUT2D eigenvalue weighted by Crippen LogP contribution is 2.24. The molecule has 1 aromatic rings. The predicted octanol–water partition coefficient (Wildman–Crippen LogP) is 2.16. The molecule has 0 saturated carbocycles. The Morgan fingerprint density at radius 1 is 1.52 bits per heavy atom. The van der Waals surface area contributed by atoms with Gasteiger partial charge < -0.3 is 20.7 Å². The van der Waals surface area contributed by atoms with Gasteiger partial charge in [-0.1, -0.05) is 0 Å². The molecule has 1 amide bonds. The van der Waals surface area contributed by atoms with Crippen molar-refractivity contribution >= 4 is 17.5 Å². The molecule has 2 heterocycles. The molecule has 1 aliphatic heterocycles. The molecule has 0 spiro atoms. The van der Waals surface area contributed by atoms with Crippen LogP contribution in [0.5, 0.6) is 0 Å². The molecule has 0 aromatic carbocycles. The van der Waals surface area contributed by atoms with Crippen molar-refractivity contribution < 1.29 is 9.53 Å². The topological polar surface area (TPSA) is 80.5 Å². The number of nitrogens with one attached hydrogen (secondary N) is 1. The number of amides is 1. The van der Waals surface area contributed by atoms with Crippen molar-refractivity contribution in [2.24, 2.45) is 0 Å². The maximum absolute atomic E-state index is 11.8. The van der Waals surface area contributed by atoms with Crippen molar-refractivity contribution in [3.63, 3.8) is 0 Å². The van der Waals surface area contributed by atoms with Gasteiger partial charge in [-0.25, -0.2) is 4.79 Å². The number of hydrogen-bond acceptors (Lipinski definition) is 5. The lowest BCUT2D eigenvalue weighted by Gasteiger charge is -2.35. The first kappa shape index (κ1) is 15.4. The Morgan fingerprint density at radius 3 is 2.95 bits per heavy atom. The first-order valence-electron chi connectivity index (χ1n) is 7.29. The van der Waals surface area contributed by atoms with E-state index in [1.54, 1.807) is 18.5 Å². The number of pyridine rings is 1. The van der Waals surface area contributed by atoms with Crippen LogP contribution in [0.3, 0.4) is 0 Å². The third kappa shape index (κ3) is 4.51. The molecule has 1 unspecified atom stereocenters. The van der Waals surface area contributed by atoms with Crippen molar-refractivity contribution in [2.45, 2.75) is 45.3 Å². The van der Waals surface area contributed by atoms with Crippen LogP contribution in [0.1, 0.15) is 33.6 Å². The summed E-state index contributed by atoms with van der Waals surface area (Å²) in [6.07, 6.45) is 5.02. The summed E-state index contributed by atoms with van der Waals surface area (Å²) in [5.41, 5.74) is 7.14. The molecule has 1 atom stereocenters. The van der Waals surface area contributed by atoms with Gasteiger partial charge in [0.1, 0.15) is 5.60 Å². The summed E-state index contributed by atoms with van der Waals surface area (Å²) in [5, 5.41) is 2.93. The Kier molecular flexibility index (Phi) is 4.55. The number of nitrogen functional groups attached to an aromatic ring is 1. The summed E-state index contributed by atoms with van der Waals surface area (Å²) in [6.45, 7) is 7.21. The van der Waals surface area contributed by atoms with E-state index in [0.29, 0.717) is 5.69 Å². The van der Waals surface area contributed by atoms with Gasteiger partial charge >= 0.3 is 6.09 Å². The SMILES string of the molecule is CC(C)(C)OC(=O)NC1CCCN(c2cnccc2N)C1. The van der Waals surface area contributed by atoms with Crippen LogP contribution in [0.2, 0.25) is 0 Å². The zero-order valence-electron chi connectivity index (χ0n) is 12.9. The molecule has 1 fully saturated rings. The monoisotopic (exact) mass is 292 g/mol. The van der Waals surface area contributed by atoms with Gasteiger partial charge in [0.25, 0.3) is 0 Å². The molecule has 1 aliphatic rings. The van der Waals surface area contributed by atoms with Crippen LogP contribution in [0, 0.1) is 0 Å². The first-order chi connectivity index (χ1) is 9.85. The third-order valence-electron chi connectivity index (χ3n) is 3.32. The second-order valence-corrected chi connectivity index (χ2v) is 6.37. The van der Waals surface area contributed by atoms with Crippen molar-refractivity contribution in [3.8, 4) is 0 Å². The molecule has 116 valence electrons. The fraction of sp³-hybridized carbons (Fsp3) is 0.600. The second-order valence-electron chi connectivity index (χ2n) is 6.37. The lowest BCUT2D eigenvalue weighted by molar-refractivity contribution is 0.0500. The summed E-state index contributed by atoms with van der Waals surface area (Å²) in [4.78, 5) is 18.1.